The van der Waals surface area contributed by atoms with Crippen LogP contribution in [0.5, 0.6) is 0 Å². The molecule has 0 saturated carbocycles. The van der Waals surface area contributed by atoms with Gasteiger partial charge in [0.15, 0.2) is 0 Å². The lowest BCUT2D eigenvalue weighted by Gasteiger charge is -2.27. The monoisotopic (exact) mass is 374 g/mol. The van der Waals surface area contributed by atoms with Gasteiger partial charge < -0.3 is 20.7 Å². The maximum Gasteiger partial charge on any atom is 0.228 e. The Balaban J connectivity index is 1.75. The third-order valence-corrected chi connectivity index (χ3v) is 4.27. The molecule has 3 aromatic rings. The van der Waals surface area contributed by atoms with Crippen molar-refractivity contribution in [2.24, 2.45) is 0 Å². The second kappa shape index (κ2) is 7.85. The first-order valence-corrected chi connectivity index (χ1v) is 8.79. The molecule has 0 unspecified atom stereocenters. The van der Waals surface area contributed by atoms with Crippen LogP contribution in [0.3, 0.4) is 0 Å². The molecule has 1 aliphatic heterocycles. The zero-order valence-corrected chi connectivity index (χ0v) is 15.0. The number of ether oxygens (including phenoxy) is 1. The van der Waals surface area contributed by atoms with Crippen molar-refractivity contribution >= 4 is 23.4 Å². The van der Waals surface area contributed by atoms with Crippen molar-refractivity contribution in [3.8, 4) is 17.3 Å². The van der Waals surface area contributed by atoms with Gasteiger partial charge in [0, 0.05) is 37.1 Å². The summed E-state index contributed by atoms with van der Waals surface area (Å²) in [5, 5.41) is 12.4. The summed E-state index contributed by atoms with van der Waals surface area (Å²) in [7, 11) is 0. The largest absolute Gasteiger partial charge is 0.384 e. The third-order valence-electron chi connectivity index (χ3n) is 4.27. The fourth-order valence-electron chi connectivity index (χ4n) is 2.82. The van der Waals surface area contributed by atoms with Crippen LogP contribution in [0, 0.1) is 11.3 Å². The smallest absolute Gasteiger partial charge is 0.228 e. The number of nitrogens with one attached hydrogen (secondary N) is 1. The topological polar surface area (TPSA) is 126 Å². The van der Waals surface area contributed by atoms with Crippen molar-refractivity contribution in [3.05, 3.63) is 48.3 Å². The second-order valence-electron chi connectivity index (χ2n) is 6.15. The molecule has 9 heteroatoms. The zero-order chi connectivity index (χ0) is 19.3. The number of hydrogen-bond acceptors (Lipinski definition) is 9. The molecule has 9 nitrogen and oxygen atoms in total. The van der Waals surface area contributed by atoms with E-state index in [2.05, 4.69) is 31.2 Å². The van der Waals surface area contributed by atoms with Crippen LogP contribution in [0.2, 0.25) is 0 Å². The Morgan fingerprint density at radius 3 is 2.75 bits per heavy atom. The summed E-state index contributed by atoms with van der Waals surface area (Å²) in [5.41, 5.74) is 7.64. The number of rotatable bonds is 4. The predicted octanol–water partition coefficient (Wildman–Crippen LogP) is 1.97. The van der Waals surface area contributed by atoms with Crippen molar-refractivity contribution < 1.29 is 4.74 Å². The van der Waals surface area contributed by atoms with Gasteiger partial charge in [0.1, 0.15) is 23.5 Å². The van der Waals surface area contributed by atoms with Crippen LogP contribution >= 0.6 is 0 Å². The lowest BCUT2D eigenvalue weighted by Crippen LogP contribution is -2.37. The Morgan fingerprint density at radius 2 is 2.00 bits per heavy atom. The van der Waals surface area contributed by atoms with Gasteiger partial charge in [-0.2, -0.15) is 10.2 Å². The van der Waals surface area contributed by atoms with Crippen LogP contribution in [0.15, 0.2) is 42.7 Å². The van der Waals surface area contributed by atoms with Gasteiger partial charge in [-0.05, 0) is 24.3 Å². The molecule has 0 atom stereocenters. The van der Waals surface area contributed by atoms with Crippen LogP contribution in [0.25, 0.3) is 11.3 Å². The fraction of sp³-hybridized carbons (Fsp3) is 0.211. The summed E-state index contributed by atoms with van der Waals surface area (Å²) in [4.78, 5) is 19.8. The van der Waals surface area contributed by atoms with Gasteiger partial charge >= 0.3 is 0 Å². The standard InChI is InChI=1S/C19H18N8O/c20-11-13-2-1-5-22-18(13)25-17-10-15(14-3-4-16(21)23-12-14)24-19(26-17)27-6-8-28-9-7-27/h1-5,10,12H,6-9H2,(H2,21,23)(H,22,24,25,26). The Bertz CT molecular complexity index is 1010. The highest BCUT2D eigenvalue weighted by atomic mass is 16.5. The molecule has 0 radical (unpaired) electrons. The number of nitrogens with zero attached hydrogens (tertiary/aromatic N) is 6. The fourth-order valence-corrected chi connectivity index (χ4v) is 2.82. The van der Waals surface area contributed by atoms with Crippen LogP contribution in [0.1, 0.15) is 5.56 Å². The minimum absolute atomic E-state index is 0.435. The van der Waals surface area contributed by atoms with Crippen molar-refractivity contribution in [3.63, 3.8) is 0 Å². The van der Waals surface area contributed by atoms with Crippen LogP contribution in [-0.4, -0.2) is 46.2 Å². The van der Waals surface area contributed by atoms with Crippen molar-refractivity contribution in [1.82, 2.24) is 19.9 Å². The number of pyridine rings is 2. The maximum atomic E-state index is 9.31. The molecule has 1 aliphatic rings. The Kier molecular flexibility index (Phi) is 4.95. The lowest BCUT2D eigenvalue weighted by atomic mass is 10.2. The summed E-state index contributed by atoms with van der Waals surface area (Å²) in [5.74, 6) is 2.00. The molecule has 3 N–H and O–H groups in total. The molecule has 0 amide bonds. The first kappa shape index (κ1) is 17.6. The van der Waals surface area contributed by atoms with Gasteiger partial charge in [-0.15, -0.1) is 0 Å². The molecule has 0 spiro atoms. The third kappa shape index (κ3) is 3.82. The molecule has 4 heterocycles. The molecule has 28 heavy (non-hydrogen) atoms. The quantitative estimate of drug-likeness (QED) is 0.704. The van der Waals surface area contributed by atoms with E-state index in [1.54, 1.807) is 36.7 Å². The average molecular weight is 374 g/mol. The zero-order valence-electron chi connectivity index (χ0n) is 15.0. The highest BCUT2D eigenvalue weighted by molar-refractivity contribution is 5.68. The highest BCUT2D eigenvalue weighted by Crippen LogP contribution is 2.25. The number of hydrogen-bond donors (Lipinski definition) is 2. The normalized spacial score (nSPS) is 13.8. The molecular formula is C19H18N8O. The Morgan fingerprint density at radius 1 is 1.14 bits per heavy atom. The Hall–Kier alpha value is -3.77. The molecule has 4 rings (SSSR count). The van der Waals surface area contributed by atoms with Crippen molar-refractivity contribution in [1.29, 1.82) is 5.26 Å². The molecule has 0 aliphatic carbocycles. The van der Waals surface area contributed by atoms with Crippen LogP contribution < -0.4 is 16.0 Å². The molecule has 0 bridgehead atoms. The van der Waals surface area contributed by atoms with Crippen molar-refractivity contribution in [2.45, 2.75) is 0 Å². The molecular weight excluding hydrogens is 356 g/mol. The van der Waals surface area contributed by atoms with Gasteiger partial charge in [0.2, 0.25) is 5.95 Å². The summed E-state index contributed by atoms with van der Waals surface area (Å²) < 4.78 is 5.42. The van der Waals surface area contributed by atoms with Crippen LogP contribution in [-0.2, 0) is 4.74 Å². The lowest BCUT2D eigenvalue weighted by molar-refractivity contribution is 0.122. The minimum Gasteiger partial charge on any atom is -0.384 e. The summed E-state index contributed by atoms with van der Waals surface area (Å²) in [6, 6.07) is 10.9. The van der Waals surface area contributed by atoms with Crippen molar-refractivity contribution in [2.75, 3.05) is 42.3 Å². The van der Waals surface area contributed by atoms with E-state index in [0.29, 0.717) is 61.0 Å². The molecule has 3 aromatic heterocycles. The molecule has 140 valence electrons. The number of nitrogen functional groups attached to an aromatic ring is 1. The van der Waals surface area contributed by atoms with E-state index in [9.17, 15) is 5.26 Å². The van der Waals surface area contributed by atoms with E-state index >= 15 is 0 Å². The van der Waals surface area contributed by atoms with E-state index in [4.69, 9.17) is 15.5 Å². The predicted molar refractivity (Wildman–Crippen MR) is 105 cm³/mol. The molecule has 1 saturated heterocycles. The summed E-state index contributed by atoms with van der Waals surface area (Å²) >= 11 is 0. The first-order valence-electron chi connectivity index (χ1n) is 8.79. The minimum atomic E-state index is 0.435. The summed E-state index contributed by atoms with van der Waals surface area (Å²) in [6.07, 6.45) is 3.30. The number of aromatic nitrogens is 4. The Labute approximate surface area is 161 Å². The van der Waals surface area contributed by atoms with E-state index in [-0.39, 0.29) is 0 Å². The van der Waals surface area contributed by atoms with E-state index in [1.807, 2.05) is 6.07 Å². The first-order chi connectivity index (χ1) is 13.7. The number of anilines is 4. The van der Waals surface area contributed by atoms with Gasteiger partial charge in [-0.3, -0.25) is 0 Å². The highest BCUT2D eigenvalue weighted by Gasteiger charge is 2.17. The van der Waals surface area contributed by atoms with Gasteiger partial charge in [-0.1, -0.05) is 0 Å². The number of nitriles is 1. The van der Waals surface area contributed by atoms with E-state index in [1.165, 1.54) is 0 Å². The molecule has 0 aromatic carbocycles. The SMILES string of the molecule is N#Cc1cccnc1Nc1cc(-c2ccc(N)nc2)nc(N2CCOCC2)n1. The van der Waals surface area contributed by atoms with Gasteiger partial charge in [-0.25, -0.2) is 15.0 Å². The van der Waals surface area contributed by atoms with Gasteiger partial charge in [0.05, 0.1) is 24.5 Å². The van der Waals surface area contributed by atoms with E-state index < -0.39 is 0 Å². The van der Waals surface area contributed by atoms with E-state index in [0.717, 1.165) is 5.56 Å². The maximum absolute atomic E-state index is 9.31. The number of nitrogens with two attached hydrogens (primary N) is 1. The second-order valence-corrected chi connectivity index (χ2v) is 6.15. The molecule has 1 fully saturated rings. The number of morpholine rings is 1. The van der Waals surface area contributed by atoms with Gasteiger partial charge in [0.25, 0.3) is 0 Å². The average Bonchev–Trinajstić information content (AvgIpc) is 2.75. The summed E-state index contributed by atoms with van der Waals surface area (Å²) in [6.45, 7) is 2.66. The van der Waals surface area contributed by atoms with Crippen LogP contribution in [0.4, 0.5) is 23.4 Å².